The van der Waals surface area contributed by atoms with Gasteiger partial charge in [0.15, 0.2) is 17.5 Å². The van der Waals surface area contributed by atoms with E-state index >= 15 is 0 Å². The fraction of sp³-hybridized carbons (Fsp3) is 0. The van der Waals surface area contributed by atoms with Gasteiger partial charge in [0, 0.05) is 53.9 Å². The van der Waals surface area contributed by atoms with Gasteiger partial charge in [0.25, 0.3) is 0 Å². The van der Waals surface area contributed by atoms with E-state index in [0.29, 0.717) is 17.5 Å². The molecular weight excluding hydrogens is 717 g/mol. The molecule has 0 aliphatic heterocycles. The minimum Gasteiger partial charge on any atom is -0.455 e. The van der Waals surface area contributed by atoms with Gasteiger partial charge in [0.2, 0.25) is 0 Å². The van der Waals surface area contributed by atoms with Crippen LogP contribution in [0.5, 0.6) is 0 Å². The van der Waals surface area contributed by atoms with E-state index in [2.05, 4.69) is 126 Å². The highest BCUT2D eigenvalue weighted by molar-refractivity contribution is 7.26. The summed E-state index contributed by atoms with van der Waals surface area (Å²) in [5, 5.41) is 7.10. The number of furan rings is 1. The molecule has 12 aromatic rings. The summed E-state index contributed by atoms with van der Waals surface area (Å²) in [6.07, 6.45) is 0. The summed E-state index contributed by atoms with van der Waals surface area (Å²) in [6, 6.07) is 63.6. The largest absolute Gasteiger partial charge is 0.455 e. The van der Waals surface area contributed by atoms with Crippen molar-refractivity contribution in [2.45, 2.75) is 0 Å². The number of thiophene rings is 1. The van der Waals surface area contributed by atoms with E-state index in [9.17, 15) is 0 Å². The molecule has 266 valence electrons. The molecule has 0 aliphatic rings. The van der Waals surface area contributed by atoms with Gasteiger partial charge in [-0.2, -0.15) is 0 Å². The third kappa shape index (κ3) is 4.98. The van der Waals surface area contributed by atoms with Gasteiger partial charge in [-0.25, -0.2) is 15.0 Å². The SMILES string of the molecule is c1ccc(-c2nc(-c3ccccc3)nc(-c3ccc4c(c3)oc3c(-c5ccccc5)ccc(-n5c6ccccc6c6ccc7c8ccccc8sc7c65)c34)n2)cc1. The molecule has 0 spiro atoms. The van der Waals surface area contributed by atoms with Crippen molar-refractivity contribution in [2.75, 3.05) is 0 Å². The fourth-order valence-electron chi connectivity index (χ4n) is 8.45. The summed E-state index contributed by atoms with van der Waals surface area (Å²) in [5.41, 5.74) is 9.89. The highest BCUT2D eigenvalue weighted by Gasteiger charge is 2.23. The summed E-state index contributed by atoms with van der Waals surface area (Å²) >= 11 is 1.86. The molecule has 0 N–H and O–H groups in total. The Kier molecular flexibility index (Phi) is 7.03. The third-order valence-electron chi connectivity index (χ3n) is 11.1. The van der Waals surface area contributed by atoms with E-state index in [1.54, 1.807) is 0 Å². The Labute approximate surface area is 330 Å². The number of nitrogens with zero attached hydrogens (tertiary/aromatic N) is 4. The first-order valence-corrected chi connectivity index (χ1v) is 19.8. The van der Waals surface area contributed by atoms with Crippen molar-refractivity contribution in [3.63, 3.8) is 0 Å². The van der Waals surface area contributed by atoms with Gasteiger partial charge in [-0.15, -0.1) is 11.3 Å². The molecule has 6 heteroatoms. The monoisotopic (exact) mass is 746 g/mol. The van der Waals surface area contributed by atoms with Crippen LogP contribution in [0.3, 0.4) is 0 Å². The molecule has 0 unspecified atom stereocenters. The lowest BCUT2D eigenvalue weighted by atomic mass is 10.0. The fourth-order valence-corrected chi connectivity index (χ4v) is 9.69. The van der Waals surface area contributed by atoms with Gasteiger partial charge in [-0.3, -0.25) is 0 Å². The Morgan fingerprint density at radius 3 is 1.74 bits per heavy atom. The van der Waals surface area contributed by atoms with Crippen LogP contribution in [0, 0.1) is 0 Å². The van der Waals surface area contributed by atoms with Crippen LogP contribution in [0.2, 0.25) is 0 Å². The van der Waals surface area contributed by atoms with E-state index in [0.717, 1.165) is 61.0 Å². The van der Waals surface area contributed by atoms with E-state index in [-0.39, 0.29) is 0 Å². The Balaban J connectivity index is 1.15. The smallest absolute Gasteiger partial charge is 0.164 e. The molecule has 57 heavy (non-hydrogen) atoms. The van der Waals surface area contributed by atoms with E-state index < -0.39 is 0 Å². The molecule has 5 nitrogen and oxygen atoms in total. The van der Waals surface area contributed by atoms with Gasteiger partial charge >= 0.3 is 0 Å². The molecule has 0 saturated heterocycles. The van der Waals surface area contributed by atoms with Crippen LogP contribution in [-0.2, 0) is 0 Å². The van der Waals surface area contributed by atoms with Crippen molar-refractivity contribution in [2.24, 2.45) is 0 Å². The number of rotatable bonds is 5. The number of benzene rings is 8. The average Bonchev–Trinajstić information content (AvgIpc) is 3.97. The summed E-state index contributed by atoms with van der Waals surface area (Å²) in [4.78, 5) is 15.0. The summed E-state index contributed by atoms with van der Waals surface area (Å²) in [5.74, 6) is 1.83. The van der Waals surface area contributed by atoms with E-state index in [4.69, 9.17) is 19.4 Å². The lowest BCUT2D eigenvalue weighted by molar-refractivity contribution is 0.670. The molecule has 0 fully saturated rings. The Bertz CT molecular complexity index is 3460. The summed E-state index contributed by atoms with van der Waals surface area (Å²) in [6.45, 7) is 0. The second kappa shape index (κ2) is 12.6. The van der Waals surface area contributed by atoms with Crippen LogP contribution in [0.1, 0.15) is 0 Å². The molecule has 4 aromatic heterocycles. The van der Waals surface area contributed by atoms with Crippen LogP contribution in [0.4, 0.5) is 0 Å². The van der Waals surface area contributed by atoms with Gasteiger partial charge in [-0.1, -0.05) is 146 Å². The van der Waals surface area contributed by atoms with E-state index in [1.165, 1.54) is 36.5 Å². The van der Waals surface area contributed by atoms with Crippen LogP contribution in [0.15, 0.2) is 186 Å². The van der Waals surface area contributed by atoms with Gasteiger partial charge in [-0.05, 0) is 42.0 Å². The molecule has 0 atom stereocenters. The van der Waals surface area contributed by atoms with Crippen LogP contribution in [0.25, 0.3) is 115 Å². The molecule has 0 bridgehead atoms. The Morgan fingerprint density at radius 1 is 0.439 bits per heavy atom. The number of hydrogen-bond acceptors (Lipinski definition) is 5. The average molecular weight is 747 g/mol. The topological polar surface area (TPSA) is 56.7 Å². The van der Waals surface area contributed by atoms with Crippen molar-refractivity contribution >= 4 is 75.3 Å². The first-order chi connectivity index (χ1) is 28.3. The Hall–Kier alpha value is -7.41. The molecule has 0 aliphatic carbocycles. The van der Waals surface area contributed by atoms with Crippen LogP contribution < -0.4 is 0 Å². The number of aromatic nitrogens is 4. The minimum absolute atomic E-state index is 0.586. The van der Waals surface area contributed by atoms with Gasteiger partial charge < -0.3 is 8.98 Å². The molecule has 0 radical (unpaired) electrons. The number of para-hydroxylation sites is 1. The highest BCUT2D eigenvalue weighted by Crippen LogP contribution is 2.46. The van der Waals surface area contributed by atoms with E-state index in [1.807, 2.05) is 72.0 Å². The lowest BCUT2D eigenvalue weighted by Crippen LogP contribution is -2.00. The first kappa shape index (κ1) is 31.9. The molecular formula is C51H30N4OS. The second-order valence-electron chi connectivity index (χ2n) is 14.3. The summed E-state index contributed by atoms with van der Waals surface area (Å²) < 4.78 is 12.1. The zero-order chi connectivity index (χ0) is 37.5. The molecule has 0 saturated carbocycles. The van der Waals surface area contributed by atoms with Crippen LogP contribution >= 0.6 is 11.3 Å². The van der Waals surface area contributed by atoms with Crippen molar-refractivity contribution in [1.29, 1.82) is 0 Å². The van der Waals surface area contributed by atoms with Crippen molar-refractivity contribution < 1.29 is 4.42 Å². The predicted molar refractivity (Wildman–Crippen MR) is 236 cm³/mol. The lowest BCUT2D eigenvalue weighted by Gasteiger charge is -2.12. The number of fused-ring (bicyclic) bond motifs is 10. The Morgan fingerprint density at radius 2 is 1.02 bits per heavy atom. The van der Waals surface area contributed by atoms with Crippen LogP contribution in [-0.4, -0.2) is 19.5 Å². The molecule has 12 rings (SSSR count). The quantitative estimate of drug-likeness (QED) is 0.176. The van der Waals surface area contributed by atoms with Crippen molar-refractivity contribution in [3.05, 3.63) is 182 Å². The maximum Gasteiger partial charge on any atom is 0.164 e. The maximum absolute atomic E-state index is 7.05. The predicted octanol–water partition coefficient (Wildman–Crippen LogP) is 13.9. The van der Waals surface area contributed by atoms with Crippen molar-refractivity contribution in [3.8, 4) is 51.0 Å². The van der Waals surface area contributed by atoms with Gasteiger partial charge in [0.1, 0.15) is 11.2 Å². The maximum atomic E-state index is 7.05. The second-order valence-corrected chi connectivity index (χ2v) is 15.4. The molecule has 0 amide bonds. The van der Waals surface area contributed by atoms with Gasteiger partial charge in [0.05, 0.1) is 26.8 Å². The minimum atomic E-state index is 0.586. The first-order valence-electron chi connectivity index (χ1n) is 19.0. The normalized spacial score (nSPS) is 11.9. The summed E-state index contributed by atoms with van der Waals surface area (Å²) in [7, 11) is 0. The molecule has 8 aromatic carbocycles. The molecule has 4 heterocycles. The third-order valence-corrected chi connectivity index (χ3v) is 12.3. The zero-order valence-electron chi connectivity index (χ0n) is 30.4. The standard InChI is InChI=1S/C51H30N4OS/c1-4-14-31(15-5-1)35-28-29-42(55-41-22-12-10-20-36(41)38-26-27-39-37-21-11-13-23-44(37)57-48(39)46(38)55)45-40-25-24-34(30-43(40)56-47(35)45)51-53-49(32-16-6-2-7-17-32)52-50(54-51)33-18-8-3-9-19-33/h1-30H. The zero-order valence-corrected chi connectivity index (χ0v) is 31.2. The number of hydrogen-bond donors (Lipinski definition) is 0. The van der Waals surface area contributed by atoms with Crippen molar-refractivity contribution in [1.82, 2.24) is 19.5 Å². The highest BCUT2D eigenvalue weighted by atomic mass is 32.1.